The highest BCUT2D eigenvalue weighted by Gasteiger charge is 2.44. The van der Waals surface area contributed by atoms with Crippen LogP contribution in [0.4, 0.5) is 11.4 Å². The highest BCUT2D eigenvalue weighted by atomic mass is 35.5. The Morgan fingerprint density at radius 1 is 1.12 bits per heavy atom. The lowest BCUT2D eigenvalue weighted by Crippen LogP contribution is -2.14. The number of halogens is 3. The number of rotatable bonds is 4. The predicted molar refractivity (Wildman–Crippen MR) is 94.0 cm³/mol. The molecule has 0 saturated heterocycles. The van der Waals surface area contributed by atoms with Gasteiger partial charge in [-0.1, -0.05) is 34.8 Å². The minimum atomic E-state index is -0.591. The van der Waals surface area contributed by atoms with Crippen LogP contribution in [0.15, 0.2) is 36.4 Å². The summed E-state index contributed by atoms with van der Waals surface area (Å²) in [5.41, 5.74) is 1.00. The van der Waals surface area contributed by atoms with Gasteiger partial charge in [0.1, 0.15) is 5.02 Å². The summed E-state index contributed by atoms with van der Waals surface area (Å²) < 4.78 is 0. The number of nitrogens with one attached hydrogen (secondary N) is 1. The summed E-state index contributed by atoms with van der Waals surface area (Å²) >= 11 is 17.7. The van der Waals surface area contributed by atoms with Crippen LogP contribution in [0.25, 0.3) is 0 Å². The molecule has 1 amide bonds. The molecule has 124 valence electrons. The Morgan fingerprint density at radius 3 is 2.42 bits per heavy atom. The molecular formula is C16H11Cl3N2O3. The van der Waals surface area contributed by atoms with Gasteiger partial charge in [0.2, 0.25) is 5.91 Å². The van der Waals surface area contributed by atoms with E-state index in [-0.39, 0.29) is 28.5 Å². The maximum Gasteiger partial charge on any atom is 0.289 e. The minimum Gasteiger partial charge on any atom is -0.326 e. The fourth-order valence-electron chi connectivity index (χ4n) is 2.61. The van der Waals surface area contributed by atoms with Crippen LogP contribution in [-0.4, -0.2) is 10.8 Å². The van der Waals surface area contributed by atoms with Crippen LogP contribution in [0, 0.1) is 16.0 Å². The summed E-state index contributed by atoms with van der Waals surface area (Å²) in [6.45, 7) is 0. The molecule has 0 aliphatic heterocycles. The number of carbonyl (C=O) groups is 1. The average Bonchev–Trinajstić information content (AvgIpc) is 3.28. The lowest BCUT2D eigenvalue weighted by atomic mass is 10.1. The first-order valence-electron chi connectivity index (χ1n) is 7.06. The van der Waals surface area contributed by atoms with E-state index in [0.29, 0.717) is 22.2 Å². The van der Waals surface area contributed by atoms with Gasteiger partial charge in [0, 0.05) is 27.7 Å². The summed E-state index contributed by atoms with van der Waals surface area (Å²) in [6.07, 6.45) is 0.679. The van der Waals surface area contributed by atoms with Gasteiger partial charge >= 0.3 is 0 Å². The Kier molecular flexibility index (Phi) is 4.67. The summed E-state index contributed by atoms with van der Waals surface area (Å²) in [7, 11) is 0. The lowest BCUT2D eigenvalue weighted by Gasteiger charge is -2.06. The molecule has 5 nitrogen and oxygen atoms in total. The van der Waals surface area contributed by atoms with E-state index in [1.54, 1.807) is 18.2 Å². The molecule has 1 aliphatic carbocycles. The first-order valence-corrected chi connectivity index (χ1v) is 8.19. The van der Waals surface area contributed by atoms with E-state index in [1.807, 2.05) is 0 Å². The van der Waals surface area contributed by atoms with Gasteiger partial charge < -0.3 is 5.32 Å². The van der Waals surface area contributed by atoms with Gasteiger partial charge in [-0.3, -0.25) is 14.9 Å². The monoisotopic (exact) mass is 384 g/mol. The molecule has 0 unspecified atom stereocenters. The number of hydrogen-bond donors (Lipinski definition) is 1. The van der Waals surface area contributed by atoms with Crippen LogP contribution in [0.2, 0.25) is 15.1 Å². The van der Waals surface area contributed by atoms with Crippen LogP contribution in [0.3, 0.4) is 0 Å². The largest absolute Gasteiger partial charge is 0.326 e. The van der Waals surface area contributed by atoms with Gasteiger partial charge in [-0.15, -0.1) is 0 Å². The number of nitro benzene ring substituents is 1. The van der Waals surface area contributed by atoms with Crippen molar-refractivity contribution in [1.29, 1.82) is 0 Å². The fourth-order valence-corrected chi connectivity index (χ4v) is 3.34. The second-order valence-corrected chi connectivity index (χ2v) is 6.84. The standard InChI is InChI=1S/C16H11Cl3N2O3/c17-9-3-8(4-10(18)5-9)12-7-13(12)16(22)20-11-1-2-14(19)15(6-11)21(23)24/h1-6,12-13H,7H2,(H,20,22)/t12-,13+/m0/s1. The molecule has 0 radical (unpaired) electrons. The van der Waals surface area contributed by atoms with Gasteiger partial charge in [0.05, 0.1) is 4.92 Å². The molecule has 2 atom stereocenters. The highest BCUT2D eigenvalue weighted by Crippen LogP contribution is 2.49. The molecule has 2 aromatic carbocycles. The Morgan fingerprint density at radius 2 is 1.79 bits per heavy atom. The zero-order valence-corrected chi connectivity index (χ0v) is 14.4. The number of carbonyl (C=O) groups excluding carboxylic acids is 1. The van der Waals surface area contributed by atoms with Crippen LogP contribution in [-0.2, 0) is 4.79 Å². The predicted octanol–water partition coefficient (Wildman–Crippen LogP) is 5.30. The van der Waals surface area contributed by atoms with Crippen molar-refractivity contribution in [1.82, 2.24) is 0 Å². The summed E-state index contributed by atoms with van der Waals surface area (Å²) in [5, 5.41) is 14.7. The third kappa shape index (κ3) is 3.64. The first kappa shape index (κ1) is 17.0. The van der Waals surface area contributed by atoms with Crippen molar-refractivity contribution in [3.05, 3.63) is 67.1 Å². The van der Waals surface area contributed by atoms with Crippen LogP contribution >= 0.6 is 34.8 Å². The molecular weight excluding hydrogens is 375 g/mol. The van der Waals surface area contributed by atoms with E-state index in [4.69, 9.17) is 34.8 Å². The van der Waals surface area contributed by atoms with Crippen molar-refractivity contribution >= 4 is 52.1 Å². The van der Waals surface area contributed by atoms with Crippen molar-refractivity contribution in [2.75, 3.05) is 5.32 Å². The maximum atomic E-state index is 12.3. The Hall–Kier alpha value is -1.82. The molecule has 2 aromatic rings. The van der Waals surface area contributed by atoms with E-state index in [1.165, 1.54) is 18.2 Å². The Bertz CT molecular complexity index is 821. The molecule has 1 N–H and O–H groups in total. The third-order valence-corrected chi connectivity index (χ3v) is 4.61. The molecule has 0 bridgehead atoms. The molecule has 0 spiro atoms. The van der Waals surface area contributed by atoms with E-state index in [2.05, 4.69) is 5.32 Å². The SMILES string of the molecule is O=C(Nc1ccc(Cl)c([N+](=O)[O-])c1)[C@@H]1C[C@H]1c1cc(Cl)cc(Cl)c1. The summed E-state index contributed by atoms with van der Waals surface area (Å²) in [4.78, 5) is 22.6. The third-order valence-electron chi connectivity index (χ3n) is 3.85. The summed E-state index contributed by atoms with van der Waals surface area (Å²) in [6, 6.07) is 9.37. The number of nitro groups is 1. The molecule has 1 fully saturated rings. The second kappa shape index (κ2) is 6.59. The number of benzene rings is 2. The van der Waals surface area contributed by atoms with Crippen LogP contribution in [0.5, 0.6) is 0 Å². The van der Waals surface area contributed by atoms with Gasteiger partial charge in [0.25, 0.3) is 5.69 Å². The van der Waals surface area contributed by atoms with Gasteiger partial charge in [-0.05, 0) is 48.2 Å². The number of nitrogens with zero attached hydrogens (tertiary/aromatic N) is 1. The summed E-state index contributed by atoms with van der Waals surface area (Å²) in [5.74, 6) is -0.370. The normalized spacial score (nSPS) is 19.0. The van der Waals surface area contributed by atoms with Crippen LogP contribution < -0.4 is 5.32 Å². The van der Waals surface area contributed by atoms with Gasteiger partial charge in [-0.25, -0.2) is 0 Å². The Balaban J connectivity index is 1.71. The number of amides is 1. The van der Waals surface area contributed by atoms with E-state index < -0.39 is 4.92 Å². The molecule has 1 saturated carbocycles. The molecule has 24 heavy (non-hydrogen) atoms. The number of anilines is 1. The van der Waals surface area contributed by atoms with E-state index in [0.717, 1.165) is 5.56 Å². The van der Waals surface area contributed by atoms with E-state index >= 15 is 0 Å². The minimum absolute atomic E-state index is 0.0240. The van der Waals surface area contributed by atoms with Crippen molar-refractivity contribution in [2.45, 2.75) is 12.3 Å². The van der Waals surface area contributed by atoms with Crippen molar-refractivity contribution < 1.29 is 9.72 Å². The maximum absolute atomic E-state index is 12.3. The lowest BCUT2D eigenvalue weighted by molar-refractivity contribution is -0.384. The van der Waals surface area contributed by atoms with Gasteiger partial charge in [-0.2, -0.15) is 0 Å². The van der Waals surface area contributed by atoms with Crippen molar-refractivity contribution in [3.8, 4) is 0 Å². The molecule has 0 heterocycles. The van der Waals surface area contributed by atoms with Crippen molar-refractivity contribution in [3.63, 3.8) is 0 Å². The molecule has 3 rings (SSSR count). The van der Waals surface area contributed by atoms with Gasteiger partial charge in [0.15, 0.2) is 0 Å². The smallest absolute Gasteiger partial charge is 0.289 e. The highest BCUT2D eigenvalue weighted by molar-refractivity contribution is 6.34. The molecule has 0 aromatic heterocycles. The molecule has 1 aliphatic rings. The quantitative estimate of drug-likeness (QED) is 0.573. The van der Waals surface area contributed by atoms with Crippen molar-refractivity contribution in [2.24, 2.45) is 5.92 Å². The Labute approximate surface area is 152 Å². The van der Waals surface area contributed by atoms with Crippen LogP contribution in [0.1, 0.15) is 17.9 Å². The topological polar surface area (TPSA) is 72.2 Å². The number of hydrogen-bond acceptors (Lipinski definition) is 3. The first-order chi connectivity index (χ1) is 11.3. The zero-order valence-electron chi connectivity index (χ0n) is 12.1. The molecule has 8 heteroatoms. The zero-order chi connectivity index (χ0) is 17.4. The average molecular weight is 386 g/mol. The van der Waals surface area contributed by atoms with E-state index in [9.17, 15) is 14.9 Å². The second-order valence-electron chi connectivity index (χ2n) is 5.56. The fraction of sp³-hybridized carbons (Fsp3) is 0.188.